The quantitative estimate of drug-likeness (QED) is 0.465. The van der Waals surface area contributed by atoms with Crippen molar-refractivity contribution in [1.82, 2.24) is 35.0 Å². The number of tetrazole rings is 1. The van der Waals surface area contributed by atoms with E-state index in [1.807, 2.05) is 69.3 Å². The molecule has 8 nitrogen and oxygen atoms in total. The molecule has 1 N–H and O–H groups in total. The first-order chi connectivity index (χ1) is 15.1. The van der Waals surface area contributed by atoms with Crippen LogP contribution in [0.4, 0.5) is 0 Å². The molecule has 0 radical (unpaired) electrons. The molecule has 2 heterocycles. The number of nitrogens with one attached hydrogen (secondary N) is 1. The monoisotopic (exact) mass is 415 g/mol. The highest BCUT2D eigenvalue weighted by Gasteiger charge is 2.15. The molecule has 0 spiro atoms. The van der Waals surface area contributed by atoms with Crippen molar-refractivity contribution < 1.29 is 0 Å². The van der Waals surface area contributed by atoms with Gasteiger partial charge in [0, 0.05) is 12.0 Å². The van der Waals surface area contributed by atoms with E-state index >= 15 is 0 Å². The molecule has 0 saturated heterocycles. The highest BCUT2D eigenvalue weighted by atomic mass is 16.2. The minimum Gasteiger partial charge on any atom is -0.274 e. The van der Waals surface area contributed by atoms with Crippen LogP contribution in [0.25, 0.3) is 22.5 Å². The normalized spacial score (nSPS) is 11.6. The van der Waals surface area contributed by atoms with Crippen molar-refractivity contribution in [2.45, 2.75) is 39.8 Å². The standard InChI is InChI=1S/C23H25N7O/c1-4-5-10-21-26-30(16(2)3)23(31)29(21)15-17-11-13-18(14-12-17)19-8-6-7-9-20(19)22-24-27-28-25-22/h4-9,11-14,16H,10,15H2,1-3H3,(H,24,25,27,28)/b5-4+. The maximum absolute atomic E-state index is 12.9. The van der Waals surface area contributed by atoms with Crippen LogP contribution in [0.1, 0.15) is 38.2 Å². The maximum atomic E-state index is 12.9. The van der Waals surface area contributed by atoms with Gasteiger partial charge < -0.3 is 0 Å². The van der Waals surface area contributed by atoms with Gasteiger partial charge in [0.25, 0.3) is 0 Å². The first-order valence-corrected chi connectivity index (χ1v) is 10.3. The van der Waals surface area contributed by atoms with Gasteiger partial charge >= 0.3 is 5.69 Å². The number of H-pyrrole nitrogens is 1. The lowest BCUT2D eigenvalue weighted by Crippen LogP contribution is -2.27. The molecule has 8 heteroatoms. The third-order valence-corrected chi connectivity index (χ3v) is 5.12. The number of hydrogen-bond donors (Lipinski definition) is 1. The Morgan fingerprint density at radius 3 is 2.45 bits per heavy atom. The summed E-state index contributed by atoms with van der Waals surface area (Å²) in [7, 11) is 0. The highest BCUT2D eigenvalue weighted by Crippen LogP contribution is 2.29. The van der Waals surface area contributed by atoms with Crippen LogP contribution in [0.3, 0.4) is 0 Å². The average Bonchev–Trinajstić information content (AvgIpc) is 3.42. The van der Waals surface area contributed by atoms with Crippen LogP contribution in [0.2, 0.25) is 0 Å². The lowest BCUT2D eigenvalue weighted by Gasteiger charge is -2.09. The van der Waals surface area contributed by atoms with Gasteiger partial charge in [0.05, 0.1) is 12.6 Å². The smallest absolute Gasteiger partial charge is 0.274 e. The van der Waals surface area contributed by atoms with Crippen LogP contribution >= 0.6 is 0 Å². The summed E-state index contributed by atoms with van der Waals surface area (Å²) in [5.74, 6) is 1.39. The largest absolute Gasteiger partial charge is 0.346 e. The number of allylic oxidation sites excluding steroid dienone is 2. The van der Waals surface area contributed by atoms with E-state index < -0.39 is 0 Å². The molecule has 31 heavy (non-hydrogen) atoms. The lowest BCUT2D eigenvalue weighted by atomic mass is 9.98. The molecule has 0 aliphatic heterocycles. The minimum absolute atomic E-state index is 0.0163. The summed E-state index contributed by atoms with van der Waals surface area (Å²) >= 11 is 0. The maximum Gasteiger partial charge on any atom is 0.346 e. The van der Waals surface area contributed by atoms with Crippen molar-refractivity contribution in [2.75, 3.05) is 0 Å². The topological polar surface area (TPSA) is 94.3 Å². The minimum atomic E-state index is -0.0817. The number of aromatic nitrogens is 7. The predicted molar refractivity (Wildman–Crippen MR) is 120 cm³/mol. The Morgan fingerprint density at radius 2 is 1.81 bits per heavy atom. The van der Waals surface area contributed by atoms with Crippen molar-refractivity contribution >= 4 is 0 Å². The van der Waals surface area contributed by atoms with E-state index in [0.717, 1.165) is 28.1 Å². The van der Waals surface area contributed by atoms with Gasteiger partial charge in [-0.1, -0.05) is 60.7 Å². The SMILES string of the molecule is C/C=C/Cc1nn(C(C)C)c(=O)n1Cc1ccc(-c2ccccc2-c2nnn[nH]2)cc1. The fourth-order valence-electron chi connectivity index (χ4n) is 3.51. The lowest BCUT2D eigenvalue weighted by molar-refractivity contribution is 0.505. The van der Waals surface area contributed by atoms with E-state index in [-0.39, 0.29) is 11.7 Å². The molecule has 0 atom stereocenters. The van der Waals surface area contributed by atoms with Crippen LogP contribution in [0, 0.1) is 0 Å². The van der Waals surface area contributed by atoms with Crippen LogP contribution in [0.15, 0.2) is 65.5 Å². The van der Waals surface area contributed by atoms with E-state index in [1.54, 1.807) is 9.25 Å². The molecule has 2 aromatic heterocycles. The summed E-state index contributed by atoms with van der Waals surface area (Å²) < 4.78 is 3.30. The zero-order chi connectivity index (χ0) is 21.8. The van der Waals surface area contributed by atoms with Crippen LogP contribution < -0.4 is 5.69 Å². The molecular formula is C23H25N7O. The van der Waals surface area contributed by atoms with Crippen molar-refractivity contribution in [3.63, 3.8) is 0 Å². The Labute approximate surface area is 180 Å². The zero-order valence-electron chi connectivity index (χ0n) is 17.9. The number of hydrogen-bond acceptors (Lipinski definition) is 5. The van der Waals surface area contributed by atoms with Crippen LogP contribution in [0.5, 0.6) is 0 Å². The third kappa shape index (κ3) is 4.23. The van der Waals surface area contributed by atoms with Gasteiger partial charge in [-0.3, -0.25) is 4.57 Å². The molecule has 0 amide bonds. The predicted octanol–water partition coefficient (Wildman–Crippen LogP) is 3.64. The third-order valence-electron chi connectivity index (χ3n) is 5.12. The Kier molecular flexibility index (Phi) is 5.88. The summed E-state index contributed by atoms with van der Waals surface area (Å²) in [5.41, 5.74) is 3.97. The summed E-state index contributed by atoms with van der Waals surface area (Å²) in [4.78, 5) is 12.9. The van der Waals surface area contributed by atoms with Gasteiger partial charge in [-0.05, 0) is 47.9 Å². The van der Waals surface area contributed by atoms with Crippen molar-refractivity contribution in [2.24, 2.45) is 0 Å². The molecule has 158 valence electrons. The summed E-state index contributed by atoms with van der Waals surface area (Å²) in [6.45, 7) is 6.38. The van der Waals surface area contributed by atoms with E-state index in [9.17, 15) is 4.79 Å². The second-order valence-corrected chi connectivity index (χ2v) is 7.59. The first-order valence-electron chi connectivity index (χ1n) is 10.3. The molecule has 0 aliphatic carbocycles. The average molecular weight is 416 g/mol. The zero-order valence-corrected chi connectivity index (χ0v) is 17.9. The second-order valence-electron chi connectivity index (χ2n) is 7.59. The molecule has 0 saturated carbocycles. The van der Waals surface area contributed by atoms with Gasteiger partial charge in [-0.25, -0.2) is 14.6 Å². The second kappa shape index (κ2) is 8.91. The molecule has 0 unspecified atom stereocenters. The highest BCUT2D eigenvalue weighted by molar-refractivity contribution is 5.80. The number of aromatic amines is 1. The van der Waals surface area contributed by atoms with Gasteiger partial charge in [-0.2, -0.15) is 5.10 Å². The molecule has 0 bridgehead atoms. The fraction of sp³-hybridized carbons (Fsp3) is 0.261. The molecule has 0 fully saturated rings. The fourth-order valence-corrected chi connectivity index (χ4v) is 3.51. The first kappa shape index (κ1) is 20.5. The van der Waals surface area contributed by atoms with Crippen molar-refractivity contribution in [3.05, 3.63) is 82.6 Å². The summed E-state index contributed by atoms with van der Waals surface area (Å²) in [6.07, 6.45) is 4.61. The number of nitrogens with zero attached hydrogens (tertiary/aromatic N) is 6. The Balaban J connectivity index is 1.65. The van der Waals surface area contributed by atoms with E-state index in [2.05, 4.69) is 37.9 Å². The van der Waals surface area contributed by atoms with E-state index in [0.29, 0.717) is 18.8 Å². The molecule has 0 aliphatic rings. The Morgan fingerprint density at radius 1 is 1.06 bits per heavy atom. The molecule has 2 aromatic carbocycles. The molecule has 4 aromatic rings. The van der Waals surface area contributed by atoms with Crippen LogP contribution in [-0.2, 0) is 13.0 Å². The van der Waals surface area contributed by atoms with Gasteiger partial charge in [0.2, 0.25) is 0 Å². The van der Waals surface area contributed by atoms with E-state index in [1.165, 1.54) is 0 Å². The summed E-state index contributed by atoms with van der Waals surface area (Å²) in [6, 6.07) is 16.2. The van der Waals surface area contributed by atoms with E-state index in [4.69, 9.17) is 0 Å². The molecular weight excluding hydrogens is 390 g/mol. The Hall–Kier alpha value is -3.81. The number of rotatable bonds is 7. The molecule has 4 rings (SSSR count). The van der Waals surface area contributed by atoms with Crippen molar-refractivity contribution in [3.8, 4) is 22.5 Å². The Bertz CT molecular complexity index is 1230. The summed E-state index contributed by atoms with van der Waals surface area (Å²) in [5, 5.41) is 18.8. The van der Waals surface area contributed by atoms with Gasteiger partial charge in [-0.15, -0.1) is 5.10 Å². The van der Waals surface area contributed by atoms with Crippen LogP contribution in [-0.4, -0.2) is 35.0 Å². The van der Waals surface area contributed by atoms with Crippen molar-refractivity contribution in [1.29, 1.82) is 0 Å². The number of benzene rings is 2. The van der Waals surface area contributed by atoms with Gasteiger partial charge in [0.1, 0.15) is 5.82 Å². The van der Waals surface area contributed by atoms with Gasteiger partial charge in [0.15, 0.2) is 5.82 Å².